The van der Waals surface area contributed by atoms with Crippen LogP contribution >= 0.6 is 10.7 Å². The summed E-state index contributed by atoms with van der Waals surface area (Å²) in [7, 11) is 0.363. The van der Waals surface area contributed by atoms with Gasteiger partial charge in [0, 0.05) is 10.7 Å². The Labute approximate surface area is 99.8 Å². The molecule has 3 nitrogen and oxygen atoms in total. The van der Waals surface area contributed by atoms with Crippen LogP contribution in [0.25, 0.3) is 0 Å². The Morgan fingerprint density at radius 2 is 1.88 bits per heavy atom. The second-order valence-electron chi connectivity index (χ2n) is 3.23. The summed E-state index contributed by atoms with van der Waals surface area (Å²) in [4.78, 5) is -1.09. The van der Waals surface area contributed by atoms with Crippen molar-refractivity contribution in [2.45, 2.75) is 18.0 Å². The molecular weight excluding hydrogens is 279 g/mol. The quantitative estimate of drug-likeness (QED) is 0.745. The highest BCUT2D eigenvalue weighted by Crippen LogP contribution is 2.38. The molecule has 17 heavy (non-hydrogen) atoms. The van der Waals surface area contributed by atoms with Crippen molar-refractivity contribution in [1.82, 2.24) is 0 Å². The molecule has 0 radical (unpaired) electrons. The van der Waals surface area contributed by atoms with E-state index in [1.807, 2.05) is 0 Å². The van der Waals surface area contributed by atoms with Crippen LogP contribution in [0.5, 0.6) is 0 Å². The van der Waals surface area contributed by atoms with E-state index in [-0.39, 0.29) is 5.56 Å². The Bertz CT molecular complexity index is 602. The maximum absolute atomic E-state index is 12.7. The third kappa shape index (κ3) is 2.90. The molecule has 0 fully saturated rings. The van der Waals surface area contributed by atoms with Crippen LogP contribution < -0.4 is 0 Å². The van der Waals surface area contributed by atoms with Crippen molar-refractivity contribution in [3.05, 3.63) is 28.8 Å². The van der Waals surface area contributed by atoms with Crippen molar-refractivity contribution in [3.8, 4) is 6.07 Å². The smallest absolute Gasteiger partial charge is 0.207 e. The van der Waals surface area contributed by atoms with Gasteiger partial charge >= 0.3 is 6.18 Å². The molecule has 0 aliphatic rings. The summed E-state index contributed by atoms with van der Waals surface area (Å²) in [5.74, 6) is 0. The highest BCUT2D eigenvalue weighted by Gasteiger charge is 2.39. The number of halogens is 4. The van der Waals surface area contributed by atoms with Crippen molar-refractivity contribution in [2.24, 2.45) is 0 Å². The lowest BCUT2D eigenvalue weighted by molar-refractivity contribution is -0.140. The van der Waals surface area contributed by atoms with Gasteiger partial charge in [0.2, 0.25) is 0 Å². The van der Waals surface area contributed by atoms with Crippen LogP contribution in [-0.4, -0.2) is 8.42 Å². The van der Waals surface area contributed by atoms with Crippen LogP contribution in [-0.2, 0) is 15.2 Å². The molecule has 1 aromatic carbocycles. The molecule has 0 heterocycles. The standard InChI is InChI=1S/C9H5ClF3NO2S/c1-5-2-6(4-14)8(9(11,12)13)7(3-5)17(10,15)16/h2-3H,1H3. The molecule has 0 atom stereocenters. The molecular formula is C9H5ClF3NO2S. The van der Waals surface area contributed by atoms with Crippen molar-refractivity contribution in [1.29, 1.82) is 5.26 Å². The molecule has 0 amide bonds. The third-order valence-electron chi connectivity index (χ3n) is 1.91. The lowest BCUT2D eigenvalue weighted by atomic mass is 10.1. The number of nitrogens with zero attached hydrogens (tertiary/aromatic N) is 1. The number of rotatable bonds is 1. The van der Waals surface area contributed by atoms with E-state index in [9.17, 15) is 21.6 Å². The van der Waals surface area contributed by atoms with Gasteiger partial charge in [-0.3, -0.25) is 0 Å². The molecule has 0 aliphatic carbocycles. The molecule has 0 unspecified atom stereocenters. The van der Waals surface area contributed by atoms with Gasteiger partial charge in [0.25, 0.3) is 9.05 Å². The Balaban J connectivity index is 3.84. The summed E-state index contributed by atoms with van der Waals surface area (Å²) in [6.45, 7) is 1.37. The molecule has 0 bridgehead atoms. The van der Waals surface area contributed by atoms with Crippen LogP contribution in [0, 0.1) is 18.3 Å². The van der Waals surface area contributed by atoms with E-state index in [1.54, 1.807) is 0 Å². The van der Waals surface area contributed by atoms with Crippen molar-refractivity contribution in [2.75, 3.05) is 0 Å². The van der Waals surface area contributed by atoms with Gasteiger partial charge in [0.15, 0.2) is 0 Å². The number of hydrogen-bond acceptors (Lipinski definition) is 3. The van der Waals surface area contributed by atoms with Crippen LogP contribution in [0.1, 0.15) is 16.7 Å². The Morgan fingerprint density at radius 3 is 2.24 bits per heavy atom. The number of hydrogen-bond donors (Lipinski definition) is 0. The second kappa shape index (κ2) is 4.20. The maximum Gasteiger partial charge on any atom is 0.418 e. The van der Waals surface area contributed by atoms with E-state index in [0.29, 0.717) is 0 Å². The van der Waals surface area contributed by atoms with E-state index >= 15 is 0 Å². The molecule has 0 aliphatic heterocycles. The Hall–Kier alpha value is -1.26. The molecule has 0 saturated carbocycles. The fourth-order valence-corrected chi connectivity index (χ4v) is 2.49. The van der Waals surface area contributed by atoms with E-state index in [2.05, 4.69) is 0 Å². The summed E-state index contributed by atoms with van der Waals surface area (Å²) < 4.78 is 60.2. The molecule has 8 heteroatoms. The first-order chi connectivity index (χ1) is 7.57. The zero-order chi connectivity index (χ0) is 13.4. The van der Waals surface area contributed by atoms with Gasteiger partial charge in [-0.1, -0.05) is 0 Å². The molecule has 0 saturated heterocycles. The minimum absolute atomic E-state index is 0.203. The topological polar surface area (TPSA) is 57.9 Å². The minimum Gasteiger partial charge on any atom is -0.207 e. The fraction of sp³-hybridized carbons (Fsp3) is 0.222. The van der Waals surface area contributed by atoms with Crippen molar-refractivity contribution >= 4 is 19.7 Å². The first-order valence-corrected chi connectivity index (χ1v) is 6.45. The van der Waals surface area contributed by atoms with Crippen molar-refractivity contribution in [3.63, 3.8) is 0 Å². The highest BCUT2D eigenvalue weighted by molar-refractivity contribution is 8.13. The molecule has 0 N–H and O–H groups in total. The van der Waals surface area contributed by atoms with Gasteiger partial charge in [-0.2, -0.15) is 18.4 Å². The van der Waals surface area contributed by atoms with Gasteiger partial charge in [0.1, 0.15) is 0 Å². The SMILES string of the molecule is Cc1cc(C#N)c(C(F)(F)F)c(S(=O)(=O)Cl)c1. The average Bonchev–Trinajstić information content (AvgIpc) is 2.12. The largest absolute Gasteiger partial charge is 0.418 e. The van der Waals surface area contributed by atoms with Gasteiger partial charge in [-0.15, -0.1) is 0 Å². The lowest BCUT2D eigenvalue weighted by Crippen LogP contribution is -2.13. The fourth-order valence-electron chi connectivity index (χ4n) is 1.33. The van der Waals surface area contributed by atoms with Gasteiger partial charge < -0.3 is 0 Å². The number of nitriles is 1. The number of benzene rings is 1. The van der Waals surface area contributed by atoms with E-state index in [1.165, 1.54) is 13.0 Å². The summed E-state index contributed by atoms with van der Waals surface area (Å²) in [5, 5.41) is 8.61. The number of alkyl halides is 3. The predicted molar refractivity (Wildman–Crippen MR) is 53.9 cm³/mol. The van der Waals surface area contributed by atoms with Crippen LogP contribution in [0.4, 0.5) is 13.2 Å². The Kier molecular flexibility index (Phi) is 3.41. The average molecular weight is 284 g/mol. The first-order valence-electron chi connectivity index (χ1n) is 4.14. The lowest BCUT2D eigenvalue weighted by Gasteiger charge is -2.13. The van der Waals surface area contributed by atoms with Crippen molar-refractivity contribution < 1.29 is 21.6 Å². The summed E-state index contributed by atoms with van der Waals surface area (Å²) in [6.07, 6.45) is -4.96. The minimum atomic E-state index is -4.96. The van der Waals surface area contributed by atoms with E-state index in [4.69, 9.17) is 15.9 Å². The summed E-state index contributed by atoms with van der Waals surface area (Å²) in [6, 6.07) is 3.05. The number of aryl methyl sites for hydroxylation is 1. The summed E-state index contributed by atoms with van der Waals surface area (Å²) in [5.41, 5.74) is -2.09. The molecule has 0 aromatic heterocycles. The summed E-state index contributed by atoms with van der Waals surface area (Å²) >= 11 is 0. The molecule has 1 aromatic rings. The Morgan fingerprint density at radius 1 is 1.35 bits per heavy atom. The second-order valence-corrected chi connectivity index (χ2v) is 5.77. The zero-order valence-corrected chi connectivity index (χ0v) is 9.91. The van der Waals surface area contributed by atoms with Crippen LogP contribution in [0.15, 0.2) is 17.0 Å². The highest BCUT2D eigenvalue weighted by atomic mass is 35.7. The normalized spacial score (nSPS) is 12.2. The molecule has 92 valence electrons. The third-order valence-corrected chi connectivity index (χ3v) is 3.26. The van der Waals surface area contributed by atoms with E-state index in [0.717, 1.165) is 12.1 Å². The van der Waals surface area contributed by atoms with Gasteiger partial charge in [-0.25, -0.2) is 8.42 Å². The van der Waals surface area contributed by atoms with Gasteiger partial charge in [-0.05, 0) is 24.6 Å². The molecule has 1 rings (SSSR count). The van der Waals surface area contributed by atoms with E-state index < -0.39 is 31.2 Å². The molecule has 0 spiro atoms. The van der Waals surface area contributed by atoms with Crippen LogP contribution in [0.2, 0.25) is 0 Å². The predicted octanol–water partition coefficient (Wildman–Crippen LogP) is 2.81. The van der Waals surface area contributed by atoms with Crippen LogP contribution in [0.3, 0.4) is 0 Å². The maximum atomic E-state index is 12.7. The van der Waals surface area contributed by atoms with Gasteiger partial charge in [0.05, 0.1) is 22.1 Å². The first kappa shape index (κ1) is 13.8. The monoisotopic (exact) mass is 283 g/mol. The zero-order valence-electron chi connectivity index (χ0n) is 8.34.